The molecule has 0 saturated carbocycles. The minimum absolute atomic E-state index is 0.381. The van der Waals surface area contributed by atoms with Crippen molar-refractivity contribution < 1.29 is 0 Å². The van der Waals surface area contributed by atoms with Gasteiger partial charge in [0, 0.05) is 0 Å². The van der Waals surface area contributed by atoms with Crippen molar-refractivity contribution >= 4 is 0 Å². The van der Waals surface area contributed by atoms with Crippen LogP contribution < -0.4 is 0 Å². The van der Waals surface area contributed by atoms with Crippen LogP contribution in [0, 0.1) is 23.7 Å². The van der Waals surface area contributed by atoms with Crippen LogP contribution in [0.4, 0.5) is 0 Å². The lowest BCUT2D eigenvalue weighted by Crippen LogP contribution is -2.10. The van der Waals surface area contributed by atoms with Crippen molar-refractivity contribution in [2.75, 3.05) is 0 Å². The quantitative estimate of drug-likeness (QED) is 0.402. The average Bonchev–Trinajstić information content (AvgIpc) is 2.24. The van der Waals surface area contributed by atoms with Crippen LogP contribution >= 0.6 is 0 Å². The molecule has 0 aliphatic heterocycles. The van der Waals surface area contributed by atoms with Crippen molar-refractivity contribution in [2.45, 2.75) is 61.3 Å². The maximum Gasteiger partial charge on any atom is -0.0231 e. The second-order valence-corrected chi connectivity index (χ2v) is 6.37. The molecule has 2 atom stereocenters. The van der Waals surface area contributed by atoms with Crippen LogP contribution in [0.5, 0.6) is 0 Å². The van der Waals surface area contributed by atoms with Gasteiger partial charge in [0.15, 0.2) is 0 Å². The summed E-state index contributed by atoms with van der Waals surface area (Å²) in [5.74, 6) is 1.26. The van der Waals surface area contributed by atoms with Gasteiger partial charge in [-0.15, -0.1) is 6.08 Å². The molecule has 0 aromatic rings. The molecule has 0 heterocycles. The molecule has 0 aliphatic carbocycles. The summed E-state index contributed by atoms with van der Waals surface area (Å²) in [6.45, 7) is 15.9. The van der Waals surface area contributed by atoms with Crippen LogP contribution in [-0.4, -0.2) is 0 Å². The summed E-state index contributed by atoms with van der Waals surface area (Å²) in [5.41, 5.74) is 1.96. The Morgan fingerprint density at radius 3 is 2.24 bits per heavy atom. The largest absolute Gasteiger partial charge is 0.325 e. The predicted octanol–water partition coefficient (Wildman–Crippen LogP) is 5.81. The van der Waals surface area contributed by atoms with E-state index in [1.807, 2.05) is 0 Å². The lowest BCUT2D eigenvalue weighted by atomic mass is 9.82. The van der Waals surface area contributed by atoms with Gasteiger partial charge in [-0.05, 0) is 24.2 Å². The first-order chi connectivity index (χ1) is 7.80. The topological polar surface area (TPSA) is 0 Å². The van der Waals surface area contributed by atoms with Crippen LogP contribution in [0.15, 0.2) is 23.8 Å². The highest BCUT2D eigenvalue weighted by atomic mass is 14.2. The Kier molecular flexibility index (Phi) is 7.50. The van der Waals surface area contributed by atoms with Crippen LogP contribution in [0.1, 0.15) is 61.3 Å². The van der Waals surface area contributed by atoms with Crippen molar-refractivity contribution in [1.82, 2.24) is 0 Å². The third kappa shape index (κ3) is 8.24. The van der Waals surface area contributed by atoms with E-state index >= 15 is 0 Å². The van der Waals surface area contributed by atoms with E-state index in [9.17, 15) is 0 Å². The molecule has 100 valence electrons. The third-order valence-electron chi connectivity index (χ3n) is 3.23. The fourth-order valence-corrected chi connectivity index (χ4v) is 1.74. The van der Waals surface area contributed by atoms with Crippen molar-refractivity contribution in [2.24, 2.45) is 17.3 Å². The van der Waals surface area contributed by atoms with Gasteiger partial charge in [0.25, 0.3) is 0 Å². The van der Waals surface area contributed by atoms with E-state index in [2.05, 4.69) is 73.1 Å². The number of hydrogen-bond donors (Lipinski definition) is 0. The van der Waals surface area contributed by atoms with Gasteiger partial charge in [-0.1, -0.05) is 59.3 Å². The molecule has 0 amide bonds. The molecule has 0 N–H and O–H groups in total. The summed E-state index contributed by atoms with van der Waals surface area (Å²) < 4.78 is 0. The Bertz CT molecular complexity index is 250. The highest BCUT2D eigenvalue weighted by molar-refractivity contribution is 5.17. The van der Waals surface area contributed by atoms with Crippen molar-refractivity contribution in [3.05, 3.63) is 30.2 Å². The lowest BCUT2D eigenvalue weighted by Gasteiger charge is -2.24. The summed E-state index contributed by atoms with van der Waals surface area (Å²) in [7, 11) is 0. The molecule has 0 rings (SSSR count). The molecular formula is C17H31-. The highest BCUT2D eigenvalue weighted by Gasteiger charge is 2.15. The smallest absolute Gasteiger partial charge is 0.0231 e. The van der Waals surface area contributed by atoms with Crippen LogP contribution in [0.3, 0.4) is 0 Å². The van der Waals surface area contributed by atoms with Gasteiger partial charge in [-0.25, -0.2) is 0 Å². The molecule has 0 aromatic carbocycles. The van der Waals surface area contributed by atoms with Gasteiger partial charge >= 0.3 is 0 Å². The van der Waals surface area contributed by atoms with Crippen LogP contribution in [0.25, 0.3) is 0 Å². The van der Waals surface area contributed by atoms with Crippen LogP contribution in [-0.2, 0) is 0 Å². The number of allylic oxidation sites excluding steroid dienone is 4. The third-order valence-corrected chi connectivity index (χ3v) is 3.23. The molecule has 2 unspecified atom stereocenters. The first kappa shape index (κ1) is 16.5. The standard InChI is InChI=1S/C17H31/c1-8-14(3)11-10-12-16(15(4)9-2)13-17(5,6)7/h8,10-12,14-15H,9,13H2,1-7H3/q-1/b11-10-,16-12-. The van der Waals surface area contributed by atoms with E-state index in [4.69, 9.17) is 0 Å². The zero-order chi connectivity index (χ0) is 13.5. The minimum Gasteiger partial charge on any atom is -0.325 e. The van der Waals surface area contributed by atoms with Crippen molar-refractivity contribution in [3.8, 4) is 0 Å². The SMILES string of the molecule is C[CH-]C(C)/C=C\C=C(\CC(C)(C)C)C(C)CC. The van der Waals surface area contributed by atoms with Gasteiger partial charge in [0.2, 0.25) is 0 Å². The van der Waals surface area contributed by atoms with Gasteiger partial charge in [0.05, 0.1) is 0 Å². The van der Waals surface area contributed by atoms with Gasteiger partial charge in [-0.2, -0.15) is 12.8 Å². The first-order valence-corrected chi connectivity index (χ1v) is 6.97. The monoisotopic (exact) mass is 235 g/mol. The average molecular weight is 235 g/mol. The van der Waals surface area contributed by atoms with Gasteiger partial charge in [0.1, 0.15) is 0 Å². The van der Waals surface area contributed by atoms with E-state index in [1.165, 1.54) is 12.8 Å². The number of rotatable bonds is 6. The molecule has 0 aliphatic rings. The molecular weight excluding hydrogens is 204 g/mol. The normalized spacial score (nSPS) is 17.5. The van der Waals surface area contributed by atoms with E-state index < -0.39 is 0 Å². The lowest BCUT2D eigenvalue weighted by molar-refractivity contribution is 0.389. The Morgan fingerprint density at radius 1 is 1.24 bits per heavy atom. The Morgan fingerprint density at radius 2 is 1.82 bits per heavy atom. The minimum atomic E-state index is 0.381. The second kappa shape index (κ2) is 7.74. The Labute approximate surface area is 109 Å². The fraction of sp³-hybridized carbons (Fsp3) is 0.706. The van der Waals surface area contributed by atoms with E-state index in [0.717, 1.165) is 0 Å². The molecule has 0 heteroatoms. The summed E-state index contributed by atoms with van der Waals surface area (Å²) in [6.07, 6.45) is 11.5. The second-order valence-electron chi connectivity index (χ2n) is 6.37. The van der Waals surface area contributed by atoms with Gasteiger partial charge in [-0.3, -0.25) is 0 Å². The van der Waals surface area contributed by atoms with E-state index in [-0.39, 0.29) is 0 Å². The maximum absolute atomic E-state index is 2.33. The zero-order valence-corrected chi connectivity index (χ0v) is 12.9. The molecule has 0 spiro atoms. The molecule has 0 fully saturated rings. The molecule has 17 heavy (non-hydrogen) atoms. The van der Waals surface area contributed by atoms with E-state index in [0.29, 0.717) is 17.3 Å². The summed E-state index contributed by atoms with van der Waals surface area (Å²) in [5, 5.41) is 0. The maximum atomic E-state index is 2.33. The molecule has 0 aromatic heterocycles. The molecule has 0 saturated heterocycles. The Hall–Kier alpha value is -0.520. The van der Waals surface area contributed by atoms with Crippen LogP contribution in [0.2, 0.25) is 0 Å². The zero-order valence-electron chi connectivity index (χ0n) is 12.9. The van der Waals surface area contributed by atoms with Crippen molar-refractivity contribution in [3.63, 3.8) is 0 Å². The highest BCUT2D eigenvalue weighted by Crippen LogP contribution is 2.29. The first-order valence-electron chi connectivity index (χ1n) is 6.97. The van der Waals surface area contributed by atoms with Gasteiger partial charge < -0.3 is 6.42 Å². The summed E-state index contributed by atoms with van der Waals surface area (Å²) in [4.78, 5) is 0. The summed E-state index contributed by atoms with van der Waals surface area (Å²) >= 11 is 0. The Balaban J connectivity index is 4.68. The van der Waals surface area contributed by atoms with Crippen molar-refractivity contribution in [1.29, 1.82) is 0 Å². The predicted molar refractivity (Wildman–Crippen MR) is 79.9 cm³/mol. The molecule has 0 bridgehead atoms. The molecule has 0 nitrogen and oxygen atoms in total. The molecule has 0 radical (unpaired) electrons. The number of hydrogen-bond acceptors (Lipinski definition) is 0. The fourth-order valence-electron chi connectivity index (χ4n) is 1.74. The van der Waals surface area contributed by atoms with E-state index in [1.54, 1.807) is 5.57 Å². The summed E-state index contributed by atoms with van der Waals surface area (Å²) in [6, 6.07) is 0.